The number of anilines is 2. The van der Waals surface area contributed by atoms with E-state index in [1.807, 2.05) is 0 Å². The summed E-state index contributed by atoms with van der Waals surface area (Å²) in [5.74, 6) is -8.50. The van der Waals surface area contributed by atoms with Gasteiger partial charge in [-0.3, -0.25) is 29.6 Å². The number of amides is 4. The van der Waals surface area contributed by atoms with Gasteiger partial charge in [0.25, 0.3) is 23.6 Å². The molecule has 1 saturated carbocycles. The Labute approximate surface area is 350 Å². The van der Waals surface area contributed by atoms with Gasteiger partial charge in [0.2, 0.25) is 0 Å². The van der Waals surface area contributed by atoms with Crippen LogP contribution in [0.25, 0.3) is 0 Å². The number of nitrogens with zero attached hydrogens (tertiary/aromatic N) is 4. The highest BCUT2D eigenvalue weighted by Crippen LogP contribution is 2.66. The van der Waals surface area contributed by atoms with Crippen LogP contribution in [-0.2, 0) is 30.8 Å². The van der Waals surface area contributed by atoms with Crippen LogP contribution in [0.5, 0.6) is 17.2 Å². The molecule has 2 aliphatic carbocycles. The van der Waals surface area contributed by atoms with Crippen molar-refractivity contribution in [1.82, 2.24) is 15.0 Å². The van der Waals surface area contributed by atoms with Crippen LogP contribution >= 0.6 is 34.8 Å². The molecule has 18 heteroatoms. The maximum Gasteiger partial charge on any atom is 0.433 e. The van der Waals surface area contributed by atoms with Gasteiger partial charge < -0.3 is 14.6 Å². The van der Waals surface area contributed by atoms with Crippen molar-refractivity contribution in [2.45, 2.75) is 30.4 Å². The van der Waals surface area contributed by atoms with Gasteiger partial charge in [0.1, 0.15) is 22.9 Å². The molecule has 0 spiro atoms. The van der Waals surface area contributed by atoms with E-state index in [2.05, 4.69) is 10.4 Å². The van der Waals surface area contributed by atoms with Crippen molar-refractivity contribution in [2.75, 3.05) is 31.7 Å². The van der Waals surface area contributed by atoms with E-state index in [9.17, 15) is 27.9 Å². The van der Waals surface area contributed by atoms with Crippen LogP contribution in [0.15, 0.2) is 84.4 Å². The number of hydrazine groups is 2. The number of methoxy groups -OCH3 is 2. The Hall–Kier alpha value is -5.51. The first-order valence-corrected chi connectivity index (χ1v) is 19.3. The Balaban J connectivity index is 1.31. The zero-order chi connectivity index (χ0) is 42.3. The highest BCUT2D eigenvalue weighted by Gasteiger charge is 2.71. The van der Waals surface area contributed by atoms with E-state index >= 15 is 9.59 Å². The number of phenolic OH excluding ortho intramolecular Hbond substituents is 1. The van der Waals surface area contributed by atoms with E-state index in [1.165, 1.54) is 45.5 Å². The Morgan fingerprint density at radius 3 is 2.29 bits per heavy atom. The number of carbonyl (C=O) groups is 4. The number of pyridine rings is 1. The molecule has 4 aliphatic rings. The molecule has 59 heavy (non-hydrogen) atoms. The molecule has 1 aromatic heterocycles. The molecule has 2 saturated heterocycles. The number of hydrogen-bond acceptors (Lipinski definition) is 10. The number of carbonyl (C=O) groups excluding carboxylic acids is 4. The second-order valence-electron chi connectivity index (χ2n) is 14.6. The fourth-order valence-corrected chi connectivity index (χ4v) is 10.0. The molecule has 4 amide bonds. The predicted octanol–water partition coefficient (Wildman–Crippen LogP) is 7.82. The average Bonchev–Trinajstić information content (AvgIpc) is 3.58. The van der Waals surface area contributed by atoms with Crippen molar-refractivity contribution < 1.29 is 46.9 Å². The number of fused-ring (bicyclic) bond motifs is 4. The van der Waals surface area contributed by atoms with Crippen LogP contribution < -0.4 is 19.9 Å². The lowest BCUT2D eigenvalue weighted by Gasteiger charge is -2.50. The van der Waals surface area contributed by atoms with Crippen molar-refractivity contribution in [3.8, 4) is 17.2 Å². The third-order valence-electron chi connectivity index (χ3n) is 11.8. The fourth-order valence-electron chi connectivity index (χ4n) is 9.35. The van der Waals surface area contributed by atoms with E-state index in [-0.39, 0.29) is 45.6 Å². The van der Waals surface area contributed by atoms with Gasteiger partial charge in [0, 0.05) is 23.6 Å². The van der Waals surface area contributed by atoms with E-state index in [0.29, 0.717) is 28.0 Å². The molecular weight excluding hydrogens is 838 g/mol. The topological polar surface area (TPSA) is 142 Å². The molecule has 0 radical (unpaired) electrons. The lowest BCUT2D eigenvalue weighted by Crippen LogP contribution is -2.53. The second kappa shape index (κ2) is 14.6. The number of allylic oxidation sites excluding steroid dienone is 2. The van der Waals surface area contributed by atoms with Crippen molar-refractivity contribution >= 4 is 69.9 Å². The smallest absolute Gasteiger partial charge is 0.433 e. The highest BCUT2D eigenvalue weighted by molar-refractivity contribution is 6.36. The van der Waals surface area contributed by atoms with Gasteiger partial charge >= 0.3 is 6.18 Å². The quantitative estimate of drug-likeness (QED) is 0.133. The Morgan fingerprint density at radius 1 is 0.898 bits per heavy atom. The van der Waals surface area contributed by atoms with Crippen LogP contribution in [0.1, 0.15) is 35.6 Å². The van der Waals surface area contributed by atoms with Gasteiger partial charge in [0.15, 0.2) is 5.82 Å². The zero-order valence-electron chi connectivity index (χ0n) is 31.3. The molecule has 4 aromatic rings. The molecule has 306 valence electrons. The summed E-state index contributed by atoms with van der Waals surface area (Å²) in [6.07, 6.45) is -3.27. The number of hydrogen-bond donors (Lipinski definition) is 2. The van der Waals surface area contributed by atoms with Crippen molar-refractivity contribution in [2.24, 2.45) is 23.7 Å². The second-order valence-corrected chi connectivity index (χ2v) is 15.9. The molecule has 6 atom stereocenters. The van der Waals surface area contributed by atoms with E-state index < -0.39 is 76.3 Å². The highest BCUT2D eigenvalue weighted by atomic mass is 35.5. The maximum atomic E-state index is 15.5. The molecule has 2 N–H and O–H groups in total. The molecule has 0 unspecified atom stereocenters. The number of ether oxygens (including phenoxy) is 2. The monoisotopic (exact) mass is 869 g/mol. The maximum absolute atomic E-state index is 15.5. The first kappa shape index (κ1) is 40.3. The number of phenols is 1. The van der Waals surface area contributed by atoms with Gasteiger partial charge in [-0.05, 0) is 78.9 Å². The Bertz CT molecular complexity index is 2470. The van der Waals surface area contributed by atoms with Crippen LogP contribution in [0.4, 0.5) is 24.7 Å². The van der Waals surface area contributed by atoms with E-state index in [0.717, 1.165) is 21.1 Å². The molecule has 12 nitrogen and oxygen atoms in total. The average molecular weight is 871 g/mol. The van der Waals surface area contributed by atoms with Crippen LogP contribution in [-0.4, -0.2) is 65.0 Å². The molecule has 0 bridgehead atoms. The van der Waals surface area contributed by atoms with Crippen molar-refractivity contribution in [3.63, 3.8) is 0 Å². The van der Waals surface area contributed by atoms with Crippen LogP contribution in [0.3, 0.4) is 0 Å². The SMILES string of the molecule is COc1ccc([C@@]23C(=O)N(Nc4ccc(Cl)cc4Cl)C(=O)[C@@H]2C[C@@H]2C(=CC[C@@H]4C(=O)N(N(C)c5nc(C(F)(F)F)ccc5Cl)C(=O)[C@@H]42)[C@@H]3c2c(O)cccc2OC)cc1. The Kier molecular flexibility index (Phi) is 10.00. The van der Waals surface area contributed by atoms with Gasteiger partial charge in [-0.1, -0.05) is 64.7 Å². The standard InChI is InChI=1S/C41H33Cl3F3N5O7/c1-50(35-26(43)14-16-31(48-35)41(45,46)47)52-36(54)23-13-12-22-24(32(23)38(52)56)18-25-37(55)51(49-28-15-9-20(42)17-27(28)44)39(57)40(25,19-7-10-21(58-2)11-8-19)34(22)33-29(53)5-4-6-30(33)59-3/h4-12,14-17,23-25,32,34,49,53H,13,18H2,1-3H3/t23-,24+,25-,32-,34+,40+/m0/s1. The minimum atomic E-state index is -4.85. The number of aromatic nitrogens is 1. The molecule has 8 rings (SSSR count). The van der Waals surface area contributed by atoms with Gasteiger partial charge in [0.05, 0.1) is 53.1 Å². The van der Waals surface area contributed by atoms with Crippen molar-refractivity contribution in [1.29, 1.82) is 0 Å². The Morgan fingerprint density at radius 2 is 1.63 bits per heavy atom. The molecule has 3 fully saturated rings. The molecule has 3 aromatic carbocycles. The zero-order valence-corrected chi connectivity index (χ0v) is 33.5. The summed E-state index contributed by atoms with van der Waals surface area (Å²) >= 11 is 19.0. The normalized spacial score (nSPS) is 25.0. The van der Waals surface area contributed by atoms with Gasteiger partial charge in [-0.15, -0.1) is 0 Å². The number of rotatable bonds is 8. The van der Waals surface area contributed by atoms with Crippen LogP contribution in [0, 0.1) is 23.7 Å². The van der Waals surface area contributed by atoms with Crippen LogP contribution in [0.2, 0.25) is 15.1 Å². The number of aromatic hydroxyl groups is 1. The number of halogens is 6. The van der Waals surface area contributed by atoms with E-state index in [1.54, 1.807) is 42.5 Å². The number of nitrogens with one attached hydrogen (secondary N) is 1. The molecular formula is C41H33Cl3F3N5O7. The first-order valence-electron chi connectivity index (χ1n) is 18.2. The molecule has 2 aliphatic heterocycles. The third kappa shape index (κ3) is 6.15. The van der Waals surface area contributed by atoms with Gasteiger partial charge in [-0.2, -0.15) is 23.2 Å². The lowest BCUT2D eigenvalue weighted by molar-refractivity contribution is -0.142. The summed E-state index contributed by atoms with van der Waals surface area (Å²) < 4.78 is 52.5. The molecule has 3 heterocycles. The van der Waals surface area contributed by atoms with Gasteiger partial charge in [-0.25, -0.2) is 4.98 Å². The lowest BCUT2D eigenvalue weighted by atomic mass is 9.49. The minimum Gasteiger partial charge on any atom is -0.508 e. The predicted molar refractivity (Wildman–Crippen MR) is 210 cm³/mol. The fraction of sp³-hybridized carbons (Fsp3) is 0.293. The number of imide groups is 2. The summed E-state index contributed by atoms with van der Waals surface area (Å²) in [6.45, 7) is 0. The summed E-state index contributed by atoms with van der Waals surface area (Å²) in [4.78, 5) is 63.2. The summed E-state index contributed by atoms with van der Waals surface area (Å²) in [5, 5.41) is 14.4. The minimum absolute atomic E-state index is 0.0323. The summed E-state index contributed by atoms with van der Waals surface area (Å²) in [6, 6.07) is 17.3. The number of alkyl halides is 3. The first-order chi connectivity index (χ1) is 28.0. The van der Waals surface area contributed by atoms with E-state index in [4.69, 9.17) is 44.3 Å². The summed E-state index contributed by atoms with van der Waals surface area (Å²) in [7, 11) is 4.08. The van der Waals surface area contributed by atoms with Crippen molar-refractivity contribution in [3.05, 3.63) is 116 Å². The summed E-state index contributed by atoms with van der Waals surface area (Å²) in [5.41, 5.74) is 1.00. The largest absolute Gasteiger partial charge is 0.508 e. The third-order valence-corrected chi connectivity index (χ3v) is 12.7. The number of benzene rings is 3.